The van der Waals surface area contributed by atoms with Crippen LogP contribution in [-0.4, -0.2) is 11.5 Å². The van der Waals surface area contributed by atoms with Gasteiger partial charge in [-0.15, -0.1) is 11.3 Å². The van der Waals surface area contributed by atoms with Crippen LogP contribution in [0.1, 0.15) is 30.3 Å². The maximum atomic E-state index is 6.22. The Morgan fingerprint density at radius 1 is 1.32 bits per heavy atom. The predicted octanol–water partition coefficient (Wildman–Crippen LogP) is 4.66. The van der Waals surface area contributed by atoms with E-state index in [-0.39, 0.29) is 0 Å². The molecule has 2 nitrogen and oxygen atoms in total. The fourth-order valence-corrected chi connectivity index (χ4v) is 3.20. The third-order valence-electron chi connectivity index (χ3n) is 2.99. The first-order chi connectivity index (χ1) is 9.22. The summed E-state index contributed by atoms with van der Waals surface area (Å²) in [6, 6.07) is 7.87. The standard InChI is InChI=1S/C15H19ClN2S/c1-3-4-9-17-10-14-11(2)18-15(19-14)12-7-5-6-8-13(12)16/h5-8,17H,3-4,9-10H2,1-2H3. The number of rotatable bonds is 6. The highest BCUT2D eigenvalue weighted by Crippen LogP contribution is 2.32. The van der Waals surface area contributed by atoms with Crippen LogP contribution in [0, 0.1) is 6.92 Å². The van der Waals surface area contributed by atoms with E-state index >= 15 is 0 Å². The zero-order valence-corrected chi connectivity index (χ0v) is 12.9. The molecule has 2 rings (SSSR count). The molecule has 1 N–H and O–H groups in total. The van der Waals surface area contributed by atoms with E-state index < -0.39 is 0 Å². The summed E-state index contributed by atoms with van der Waals surface area (Å²) in [5.41, 5.74) is 2.13. The average Bonchev–Trinajstić information content (AvgIpc) is 2.77. The number of aromatic nitrogens is 1. The first kappa shape index (κ1) is 14.5. The van der Waals surface area contributed by atoms with Crippen molar-refractivity contribution in [2.75, 3.05) is 6.54 Å². The highest BCUT2D eigenvalue weighted by molar-refractivity contribution is 7.15. The molecule has 0 atom stereocenters. The minimum Gasteiger partial charge on any atom is -0.312 e. The summed E-state index contributed by atoms with van der Waals surface area (Å²) in [5, 5.41) is 5.24. The molecule has 0 fully saturated rings. The van der Waals surface area contributed by atoms with E-state index in [9.17, 15) is 0 Å². The second-order valence-electron chi connectivity index (χ2n) is 4.54. The molecule has 4 heteroatoms. The molecular formula is C15H19ClN2S. The van der Waals surface area contributed by atoms with Crippen molar-refractivity contribution in [3.63, 3.8) is 0 Å². The van der Waals surface area contributed by atoms with Gasteiger partial charge in [0.2, 0.25) is 0 Å². The molecule has 1 heterocycles. The van der Waals surface area contributed by atoms with Crippen LogP contribution >= 0.6 is 22.9 Å². The maximum Gasteiger partial charge on any atom is 0.125 e. The number of halogens is 1. The van der Waals surface area contributed by atoms with Crippen molar-refractivity contribution in [3.8, 4) is 10.6 Å². The molecule has 19 heavy (non-hydrogen) atoms. The summed E-state index contributed by atoms with van der Waals surface area (Å²) in [6.45, 7) is 6.23. The zero-order chi connectivity index (χ0) is 13.7. The second-order valence-corrected chi connectivity index (χ2v) is 6.03. The van der Waals surface area contributed by atoms with E-state index in [1.807, 2.05) is 24.3 Å². The fourth-order valence-electron chi connectivity index (χ4n) is 1.85. The van der Waals surface area contributed by atoms with Crippen molar-refractivity contribution in [2.24, 2.45) is 0 Å². The Kier molecular flexibility index (Phi) is 5.37. The third kappa shape index (κ3) is 3.78. The first-order valence-electron chi connectivity index (χ1n) is 6.64. The molecule has 1 aromatic carbocycles. The van der Waals surface area contributed by atoms with Crippen molar-refractivity contribution in [3.05, 3.63) is 39.9 Å². The van der Waals surface area contributed by atoms with E-state index in [0.717, 1.165) is 34.4 Å². The molecule has 0 aliphatic carbocycles. The molecule has 2 aromatic rings. The molecule has 0 saturated heterocycles. The van der Waals surface area contributed by atoms with Gasteiger partial charge in [0.25, 0.3) is 0 Å². The van der Waals surface area contributed by atoms with Crippen LogP contribution in [-0.2, 0) is 6.54 Å². The quantitative estimate of drug-likeness (QED) is 0.784. The molecule has 0 radical (unpaired) electrons. The van der Waals surface area contributed by atoms with Crippen LogP contribution in [0.4, 0.5) is 0 Å². The van der Waals surface area contributed by atoms with Gasteiger partial charge in [-0.2, -0.15) is 0 Å². The Hall–Kier alpha value is -0.900. The molecule has 0 aliphatic heterocycles. The molecule has 0 saturated carbocycles. The SMILES string of the molecule is CCCCNCc1sc(-c2ccccc2Cl)nc1C. The smallest absolute Gasteiger partial charge is 0.125 e. The van der Waals surface area contributed by atoms with E-state index in [4.69, 9.17) is 11.6 Å². The van der Waals surface area contributed by atoms with Gasteiger partial charge < -0.3 is 5.32 Å². The van der Waals surface area contributed by atoms with Gasteiger partial charge in [0.15, 0.2) is 0 Å². The van der Waals surface area contributed by atoms with Gasteiger partial charge in [0, 0.05) is 17.0 Å². The highest BCUT2D eigenvalue weighted by atomic mass is 35.5. The van der Waals surface area contributed by atoms with Crippen molar-refractivity contribution in [1.29, 1.82) is 0 Å². The van der Waals surface area contributed by atoms with E-state index in [0.29, 0.717) is 0 Å². The molecular weight excluding hydrogens is 276 g/mol. The van der Waals surface area contributed by atoms with Crippen LogP contribution in [0.5, 0.6) is 0 Å². The minimum atomic E-state index is 0.766. The zero-order valence-electron chi connectivity index (χ0n) is 11.4. The summed E-state index contributed by atoms with van der Waals surface area (Å²) in [4.78, 5) is 5.93. The van der Waals surface area contributed by atoms with Gasteiger partial charge in [-0.25, -0.2) is 4.98 Å². The normalized spacial score (nSPS) is 10.9. The molecule has 0 bridgehead atoms. The van der Waals surface area contributed by atoms with Crippen molar-refractivity contribution in [1.82, 2.24) is 10.3 Å². The molecule has 0 aliphatic rings. The summed E-state index contributed by atoms with van der Waals surface area (Å²) in [7, 11) is 0. The lowest BCUT2D eigenvalue weighted by Crippen LogP contribution is -2.14. The van der Waals surface area contributed by atoms with Crippen LogP contribution in [0.3, 0.4) is 0 Å². The summed E-state index contributed by atoms with van der Waals surface area (Å²) < 4.78 is 0. The Morgan fingerprint density at radius 3 is 2.84 bits per heavy atom. The Labute approximate surface area is 123 Å². The van der Waals surface area contributed by atoms with Crippen LogP contribution < -0.4 is 5.32 Å². The number of nitrogens with one attached hydrogen (secondary N) is 1. The van der Waals surface area contributed by atoms with Gasteiger partial charge >= 0.3 is 0 Å². The largest absolute Gasteiger partial charge is 0.312 e. The molecule has 0 amide bonds. The van der Waals surface area contributed by atoms with E-state index in [1.165, 1.54) is 17.7 Å². The molecule has 0 unspecified atom stereocenters. The van der Waals surface area contributed by atoms with Gasteiger partial charge in [-0.3, -0.25) is 0 Å². The average molecular weight is 295 g/mol. The minimum absolute atomic E-state index is 0.766. The predicted molar refractivity (Wildman–Crippen MR) is 83.9 cm³/mol. The lowest BCUT2D eigenvalue weighted by Gasteiger charge is -2.01. The van der Waals surface area contributed by atoms with E-state index in [2.05, 4.69) is 24.1 Å². The second kappa shape index (κ2) is 7.04. The van der Waals surface area contributed by atoms with Gasteiger partial charge in [-0.05, 0) is 26.0 Å². The summed E-state index contributed by atoms with van der Waals surface area (Å²) >= 11 is 7.94. The Bertz CT molecular complexity index is 537. The Balaban J connectivity index is 2.10. The third-order valence-corrected chi connectivity index (χ3v) is 4.51. The van der Waals surface area contributed by atoms with Crippen molar-refractivity contribution >= 4 is 22.9 Å². The first-order valence-corrected chi connectivity index (χ1v) is 7.83. The number of benzene rings is 1. The lowest BCUT2D eigenvalue weighted by atomic mass is 10.2. The van der Waals surface area contributed by atoms with Gasteiger partial charge in [0.1, 0.15) is 5.01 Å². The van der Waals surface area contributed by atoms with Crippen molar-refractivity contribution in [2.45, 2.75) is 33.2 Å². The topological polar surface area (TPSA) is 24.9 Å². The number of hydrogen-bond acceptors (Lipinski definition) is 3. The number of hydrogen-bond donors (Lipinski definition) is 1. The summed E-state index contributed by atoms with van der Waals surface area (Å²) in [6.07, 6.45) is 2.44. The van der Waals surface area contributed by atoms with Crippen LogP contribution in [0.15, 0.2) is 24.3 Å². The highest BCUT2D eigenvalue weighted by Gasteiger charge is 2.11. The van der Waals surface area contributed by atoms with Gasteiger partial charge in [0.05, 0.1) is 10.7 Å². The monoisotopic (exact) mass is 294 g/mol. The number of nitrogens with zero attached hydrogens (tertiary/aromatic N) is 1. The van der Waals surface area contributed by atoms with Gasteiger partial charge in [-0.1, -0.05) is 43.1 Å². The van der Waals surface area contributed by atoms with Crippen LogP contribution in [0.2, 0.25) is 5.02 Å². The number of unbranched alkanes of at least 4 members (excludes halogenated alkanes) is 1. The van der Waals surface area contributed by atoms with Crippen LogP contribution in [0.25, 0.3) is 10.6 Å². The lowest BCUT2D eigenvalue weighted by molar-refractivity contribution is 0.644. The summed E-state index contributed by atoms with van der Waals surface area (Å²) in [5.74, 6) is 0. The Morgan fingerprint density at radius 2 is 2.11 bits per heavy atom. The fraction of sp³-hybridized carbons (Fsp3) is 0.400. The molecule has 1 aromatic heterocycles. The number of thiazole rings is 1. The molecule has 102 valence electrons. The molecule has 0 spiro atoms. The van der Waals surface area contributed by atoms with Crippen molar-refractivity contribution < 1.29 is 0 Å². The maximum absolute atomic E-state index is 6.22. The van der Waals surface area contributed by atoms with E-state index in [1.54, 1.807) is 11.3 Å². The number of aryl methyl sites for hydroxylation is 1.